The van der Waals surface area contributed by atoms with Crippen molar-refractivity contribution in [1.29, 1.82) is 0 Å². The highest BCUT2D eigenvalue weighted by Gasteiger charge is 2.36. The quantitative estimate of drug-likeness (QED) is 0.909. The average Bonchev–Trinajstić information content (AvgIpc) is 3.01. The summed E-state index contributed by atoms with van der Waals surface area (Å²) in [6, 6.07) is 8.54. The molecule has 128 valence electrons. The molecule has 4 rings (SSSR count). The Bertz CT molecular complexity index is 651. The van der Waals surface area contributed by atoms with Crippen LogP contribution in [0.15, 0.2) is 29.2 Å². The van der Waals surface area contributed by atoms with Crippen LogP contribution in [0, 0.1) is 0 Å². The lowest BCUT2D eigenvalue weighted by atomic mass is 9.99. The number of hydrogen-bond donors (Lipinski definition) is 1. The Kier molecular flexibility index (Phi) is 4.50. The van der Waals surface area contributed by atoms with E-state index >= 15 is 0 Å². The van der Waals surface area contributed by atoms with Gasteiger partial charge in [0.25, 0.3) is 0 Å². The van der Waals surface area contributed by atoms with Gasteiger partial charge in [-0.25, -0.2) is 0 Å². The number of carbonyl (C=O) groups is 2. The zero-order valence-corrected chi connectivity index (χ0v) is 14.6. The van der Waals surface area contributed by atoms with E-state index in [1.54, 1.807) is 16.7 Å². The lowest BCUT2D eigenvalue weighted by molar-refractivity contribution is -0.123. The maximum atomic E-state index is 12.6. The molecule has 0 saturated carbocycles. The number of nitrogens with zero attached hydrogens (tertiary/aromatic N) is 2. The molecule has 0 bridgehead atoms. The molecule has 3 aliphatic rings. The number of rotatable bonds is 3. The third-order valence-electron chi connectivity index (χ3n) is 5.31. The van der Waals surface area contributed by atoms with E-state index in [0.29, 0.717) is 11.8 Å². The Morgan fingerprint density at radius 3 is 3.00 bits per heavy atom. The summed E-state index contributed by atoms with van der Waals surface area (Å²) in [6.45, 7) is 2.36. The first kappa shape index (κ1) is 16.0. The highest BCUT2D eigenvalue weighted by molar-refractivity contribution is 8.00. The van der Waals surface area contributed by atoms with Crippen molar-refractivity contribution < 1.29 is 9.59 Å². The monoisotopic (exact) mass is 345 g/mol. The summed E-state index contributed by atoms with van der Waals surface area (Å²) in [5, 5.41) is 3.20. The van der Waals surface area contributed by atoms with E-state index in [2.05, 4.69) is 10.2 Å². The zero-order valence-electron chi connectivity index (χ0n) is 13.7. The molecule has 3 aliphatic heterocycles. The van der Waals surface area contributed by atoms with E-state index in [9.17, 15) is 9.59 Å². The first-order chi connectivity index (χ1) is 11.7. The molecule has 2 atom stereocenters. The first-order valence-electron chi connectivity index (χ1n) is 8.78. The predicted molar refractivity (Wildman–Crippen MR) is 95.3 cm³/mol. The van der Waals surface area contributed by atoms with Crippen molar-refractivity contribution in [2.75, 3.05) is 30.3 Å². The van der Waals surface area contributed by atoms with Gasteiger partial charge in [0, 0.05) is 23.5 Å². The van der Waals surface area contributed by atoms with Crippen molar-refractivity contribution >= 4 is 29.3 Å². The second kappa shape index (κ2) is 6.76. The number of thioether (sulfide) groups is 1. The molecular formula is C18H23N3O2S. The fourth-order valence-corrected chi connectivity index (χ4v) is 5.07. The first-order valence-corrected chi connectivity index (χ1v) is 9.76. The second-order valence-corrected chi connectivity index (χ2v) is 7.82. The van der Waals surface area contributed by atoms with E-state index in [-0.39, 0.29) is 24.4 Å². The van der Waals surface area contributed by atoms with Crippen LogP contribution in [-0.2, 0) is 9.59 Å². The average molecular weight is 345 g/mol. The number of carbonyl (C=O) groups excluding carboxylic acids is 2. The SMILES string of the molecule is O=C(CN1C(=O)CSc2ccccc21)N[C@H]1CCN2CCCC[C@H]12. The third-order valence-corrected chi connectivity index (χ3v) is 6.36. The number of piperidine rings is 1. The highest BCUT2D eigenvalue weighted by Crippen LogP contribution is 2.34. The number of benzene rings is 1. The number of fused-ring (bicyclic) bond motifs is 2. The summed E-state index contributed by atoms with van der Waals surface area (Å²) in [5.41, 5.74) is 0.861. The molecule has 2 fully saturated rings. The molecular weight excluding hydrogens is 322 g/mol. The number of nitrogens with one attached hydrogen (secondary N) is 1. The fourth-order valence-electron chi connectivity index (χ4n) is 4.14. The minimum absolute atomic E-state index is 0.0135. The summed E-state index contributed by atoms with van der Waals surface area (Å²) in [4.78, 5) is 30.1. The van der Waals surface area contributed by atoms with E-state index < -0.39 is 0 Å². The van der Waals surface area contributed by atoms with Crippen molar-refractivity contribution in [2.24, 2.45) is 0 Å². The normalized spacial score (nSPS) is 26.8. The van der Waals surface area contributed by atoms with Gasteiger partial charge in [-0.3, -0.25) is 14.5 Å². The summed E-state index contributed by atoms with van der Waals surface area (Å²) in [6.07, 6.45) is 4.72. The Morgan fingerprint density at radius 1 is 1.21 bits per heavy atom. The van der Waals surface area contributed by atoms with Gasteiger partial charge in [-0.15, -0.1) is 11.8 Å². The molecule has 3 heterocycles. The summed E-state index contributed by atoms with van der Waals surface area (Å²) in [5.74, 6) is 0.381. The Hall–Kier alpha value is -1.53. The van der Waals surface area contributed by atoms with E-state index in [0.717, 1.165) is 30.1 Å². The summed E-state index contributed by atoms with van der Waals surface area (Å²) in [7, 11) is 0. The second-order valence-electron chi connectivity index (χ2n) is 6.80. The van der Waals surface area contributed by atoms with Crippen LogP contribution in [0.4, 0.5) is 5.69 Å². The number of hydrogen-bond acceptors (Lipinski definition) is 4. The van der Waals surface area contributed by atoms with Crippen molar-refractivity contribution in [2.45, 2.75) is 42.7 Å². The van der Waals surface area contributed by atoms with Gasteiger partial charge < -0.3 is 10.2 Å². The lowest BCUT2D eigenvalue weighted by Crippen LogP contribution is -2.50. The molecule has 5 nitrogen and oxygen atoms in total. The van der Waals surface area contributed by atoms with Crippen LogP contribution < -0.4 is 10.2 Å². The van der Waals surface area contributed by atoms with Crippen LogP contribution in [0.2, 0.25) is 0 Å². The molecule has 2 saturated heterocycles. The maximum Gasteiger partial charge on any atom is 0.240 e. The largest absolute Gasteiger partial charge is 0.350 e. The molecule has 24 heavy (non-hydrogen) atoms. The number of para-hydroxylation sites is 1. The van der Waals surface area contributed by atoms with E-state index in [1.165, 1.54) is 19.3 Å². The fraction of sp³-hybridized carbons (Fsp3) is 0.556. The Morgan fingerprint density at radius 2 is 2.08 bits per heavy atom. The van der Waals surface area contributed by atoms with Gasteiger partial charge in [-0.2, -0.15) is 0 Å². The summed E-state index contributed by atoms with van der Waals surface area (Å²) >= 11 is 1.55. The van der Waals surface area contributed by atoms with E-state index in [4.69, 9.17) is 0 Å². The number of amides is 2. The number of anilines is 1. The molecule has 6 heteroatoms. The van der Waals surface area contributed by atoms with Gasteiger partial charge in [-0.1, -0.05) is 18.6 Å². The molecule has 0 unspecified atom stereocenters. The minimum atomic E-state index is -0.0394. The molecule has 2 amide bonds. The Labute approximate surface area is 146 Å². The standard InChI is InChI=1S/C18H23N3O2S/c22-17(19-13-8-10-20-9-4-3-5-14(13)20)11-21-15-6-1-2-7-16(15)24-12-18(21)23/h1-2,6-7,13-14H,3-5,8-12H2,(H,19,22)/t13-,14+/m0/s1. The molecule has 1 aromatic carbocycles. The van der Waals surface area contributed by atoms with Crippen LogP contribution in [0.1, 0.15) is 25.7 Å². The van der Waals surface area contributed by atoms with Crippen molar-refractivity contribution in [3.8, 4) is 0 Å². The van der Waals surface area contributed by atoms with Gasteiger partial charge in [0.1, 0.15) is 6.54 Å². The van der Waals surface area contributed by atoms with Crippen LogP contribution in [0.3, 0.4) is 0 Å². The van der Waals surface area contributed by atoms with Crippen LogP contribution in [0.25, 0.3) is 0 Å². The third kappa shape index (κ3) is 3.05. The van der Waals surface area contributed by atoms with E-state index in [1.807, 2.05) is 24.3 Å². The van der Waals surface area contributed by atoms with Gasteiger partial charge in [0.2, 0.25) is 11.8 Å². The van der Waals surface area contributed by atoms with Gasteiger partial charge in [0.15, 0.2) is 0 Å². The molecule has 1 N–H and O–H groups in total. The van der Waals surface area contributed by atoms with Gasteiger partial charge in [-0.05, 0) is 37.9 Å². The molecule has 0 aliphatic carbocycles. The van der Waals surface area contributed by atoms with Gasteiger partial charge in [0.05, 0.1) is 11.4 Å². The maximum absolute atomic E-state index is 12.6. The van der Waals surface area contributed by atoms with Crippen LogP contribution in [0.5, 0.6) is 0 Å². The molecule has 0 aromatic heterocycles. The molecule has 0 radical (unpaired) electrons. The summed E-state index contributed by atoms with van der Waals surface area (Å²) < 4.78 is 0. The Balaban J connectivity index is 1.42. The van der Waals surface area contributed by atoms with Crippen LogP contribution in [-0.4, -0.2) is 54.2 Å². The van der Waals surface area contributed by atoms with Crippen molar-refractivity contribution in [1.82, 2.24) is 10.2 Å². The smallest absolute Gasteiger partial charge is 0.240 e. The predicted octanol–water partition coefficient (Wildman–Crippen LogP) is 1.87. The lowest BCUT2D eigenvalue weighted by Gasteiger charge is -2.33. The minimum Gasteiger partial charge on any atom is -0.350 e. The zero-order chi connectivity index (χ0) is 16.5. The van der Waals surface area contributed by atoms with Crippen LogP contribution >= 0.6 is 11.8 Å². The molecule has 0 spiro atoms. The van der Waals surface area contributed by atoms with Crippen molar-refractivity contribution in [3.05, 3.63) is 24.3 Å². The topological polar surface area (TPSA) is 52.7 Å². The van der Waals surface area contributed by atoms with Crippen molar-refractivity contribution in [3.63, 3.8) is 0 Å². The van der Waals surface area contributed by atoms with Gasteiger partial charge >= 0.3 is 0 Å². The molecule has 1 aromatic rings. The highest BCUT2D eigenvalue weighted by atomic mass is 32.2.